The Kier molecular flexibility index (Phi) is 5.49. The van der Waals surface area contributed by atoms with Crippen LogP contribution in [0.3, 0.4) is 0 Å². The molecule has 0 bridgehead atoms. The summed E-state index contributed by atoms with van der Waals surface area (Å²) in [5, 5.41) is 7.44. The van der Waals surface area contributed by atoms with E-state index in [1.54, 1.807) is 18.2 Å². The van der Waals surface area contributed by atoms with Crippen molar-refractivity contribution in [1.29, 1.82) is 0 Å². The van der Waals surface area contributed by atoms with Crippen LogP contribution in [0.5, 0.6) is 0 Å². The van der Waals surface area contributed by atoms with Gasteiger partial charge in [0.2, 0.25) is 0 Å². The SMILES string of the molecule is Cc1c(Cl)cccc1NCC(=O)N/N=C\c1ccc(F)cc1. The van der Waals surface area contributed by atoms with E-state index < -0.39 is 0 Å². The van der Waals surface area contributed by atoms with Crippen LogP contribution in [-0.2, 0) is 4.79 Å². The summed E-state index contributed by atoms with van der Waals surface area (Å²) in [7, 11) is 0. The van der Waals surface area contributed by atoms with Crippen molar-refractivity contribution in [3.05, 3.63) is 64.4 Å². The molecule has 0 unspecified atom stereocenters. The largest absolute Gasteiger partial charge is 0.376 e. The van der Waals surface area contributed by atoms with Crippen LogP contribution in [0.2, 0.25) is 5.02 Å². The van der Waals surface area contributed by atoms with Crippen LogP contribution in [0.25, 0.3) is 0 Å². The Morgan fingerprint density at radius 1 is 1.27 bits per heavy atom. The number of carbonyl (C=O) groups is 1. The zero-order chi connectivity index (χ0) is 15.9. The number of rotatable bonds is 5. The third kappa shape index (κ3) is 4.56. The lowest BCUT2D eigenvalue weighted by Gasteiger charge is -2.09. The van der Waals surface area contributed by atoms with Crippen molar-refractivity contribution in [2.24, 2.45) is 5.10 Å². The van der Waals surface area contributed by atoms with Crippen LogP contribution in [0, 0.1) is 12.7 Å². The fourth-order valence-corrected chi connectivity index (χ4v) is 1.92. The molecule has 0 saturated carbocycles. The molecule has 0 aliphatic carbocycles. The van der Waals surface area contributed by atoms with Gasteiger partial charge >= 0.3 is 0 Å². The van der Waals surface area contributed by atoms with Crippen molar-refractivity contribution in [2.75, 3.05) is 11.9 Å². The third-order valence-electron chi connectivity index (χ3n) is 2.98. The molecular formula is C16H15ClFN3O. The van der Waals surface area contributed by atoms with E-state index in [1.807, 2.05) is 19.1 Å². The van der Waals surface area contributed by atoms with Crippen molar-refractivity contribution in [3.8, 4) is 0 Å². The molecule has 0 fully saturated rings. The second-order valence-corrected chi connectivity index (χ2v) is 5.02. The van der Waals surface area contributed by atoms with Crippen molar-refractivity contribution in [3.63, 3.8) is 0 Å². The Labute approximate surface area is 133 Å². The smallest absolute Gasteiger partial charge is 0.259 e. The highest BCUT2D eigenvalue weighted by Crippen LogP contribution is 2.22. The summed E-state index contributed by atoms with van der Waals surface area (Å²) in [4.78, 5) is 11.7. The molecule has 2 aromatic carbocycles. The summed E-state index contributed by atoms with van der Waals surface area (Å²) in [6.07, 6.45) is 1.45. The van der Waals surface area contributed by atoms with E-state index in [4.69, 9.17) is 11.6 Å². The van der Waals surface area contributed by atoms with Crippen LogP contribution in [-0.4, -0.2) is 18.7 Å². The van der Waals surface area contributed by atoms with Crippen LogP contribution in [0.1, 0.15) is 11.1 Å². The van der Waals surface area contributed by atoms with E-state index in [0.29, 0.717) is 10.6 Å². The van der Waals surface area contributed by atoms with Gasteiger partial charge in [-0.3, -0.25) is 4.79 Å². The fraction of sp³-hybridized carbons (Fsp3) is 0.125. The summed E-state index contributed by atoms with van der Waals surface area (Å²) in [6, 6.07) is 11.2. The van der Waals surface area contributed by atoms with Gasteiger partial charge in [0.1, 0.15) is 5.82 Å². The Bertz CT molecular complexity index is 686. The van der Waals surface area contributed by atoms with Crippen LogP contribution >= 0.6 is 11.6 Å². The number of halogens is 2. The highest BCUT2D eigenvalue weighted by atomic mass is 35.5. The summed E-state index contributed by atoms with van der Waals surface area (Å²) in [6.45, 7) is 1.94. The lowest BCUT2D eigenvalue weighted by atomic mass is 10.2. The molecule has 0 saturated heterocycles. The van der Waals surface area contributed by atoms with Gasteiger partial charge in [0, 0.05) is 10.7 Å². The number of anilines is 1. The highest BCUT2D eigenvalue weighted by Gasteiger charge is 2.04. The standard InChI is InChI=1S/C16H15ClFN3O/c1-11-14(17)3-2-4-15(11)19-10-16(22)21-20-9-12-5-7-13(18)8-6-12/h2-9,19H,10H2,1H3,(H,21,22)/b20-9-. The average Bonchev–Trinajstić information content (AvgIpc) is 2.51. The highest BCUT2D eigenvalue weighted by molar-refractivity contribution is 6.31. The summed E-state index contributed by atoms with van der Waals surface area (Å²) in [5.74, 6) is -0.611. The van der Waals surface area contributed by atoms with Crippen molar-refractivity contribution < 1.29 is 9.18 Å². The molecule has 0 aliphatic heterocycles. The van der Waals surface area contributed by atoms with E-state index in [2.05, 4.69) is 15.8 Å². The number of amides is 1. The van der Waals surface area contributed by atoms with Crippen molar-refractivity contribution in [1.82, 2.24) is 5.43 Å². The molecule has 0 spiro atoms. The van der Waals surface area contributed by atoms with Crippen LogP contribution in [0.15, 0.2) is 47.6 Å². The Balaban J connectivity index is 1.83. The molecular weight excluding hydrogens is 305 g/mol. The Morgan fingerprint density at radius 3 is 2.73 bits per heavy atom. The lowest BCUT2D eigenvalue weighted by Crippen LogP contribution is -2.26. The van der Waals surface area contributed by atoms with Crippen LogP contribution in [0.4, 0.5) is 10.1 Å². The van der Waals surface area contributed by atoms with Crippen molar-refractivity contribution in [2.45, 2.75) is 6.92 Å². The summed E-state index contributed by atoms with van der Waals surface area (Å²) >= 11 is 6.00. The molecule has 2 aromatic rings. The Morgan fingerprint density at radius 2 is 2.00 bits per heavy atom. The van der Waals surface area contributed by atoms with E-state index in [0.717, 1.165) is 11.3 Å². The minimum absolute atomic E-state index is 0.0714. The van der Waals surface area contributed by atoms with Crippen LogP contribution < -0.4 is 10.7 Å². The number of benzene rings is 2. The minimum atomic E-state index is -0.317. The normalized spacial score (nSPS) is 10.7. The molecule has 0 heterocycles. The van der Waals surface area contributed by atoms with Gasteiger partial charge in [0.05, 0.1) is 12.8 Å². The molecule has 0 atom stereocenters. The molecule has 22 heavy (non-hydrogen) atoms. The number of carbonyl (C=O) groups excluding carboxylic acids is 1. The van der Waals surface area contributed by atoms with Gasteiger partial charge in [0.25, 0.3) is 5.91 Å². The fourth-order valence-electron chi connectivity index (χ4n) is 1.74. The van der Waals surface area contributed by atoms with Gasteiger partial charge in [-0.05, 0) is 42.3 Å². The molecule has 114 valence electrons. The Hall–Kier alpha value is -2.40. The first-order chi connectivity index (χ1) is 10.6. The number of nitrogens with zero attached hydrogens (tertiary/aromatic N) is 1. The first-order valence-corrected chi connectivity index (χ1v) is 7.00. The molecule has 2 N–H and O–H groups in total. The zero-order valence-electron chi connectivity index (χ0n) is 11.9. The lowest BCUT2D eigenvalue weighted by molar-refractivity contribution is -0.119. The maximum Gasteiger partial charge on any atom is 0.259 e. The van der Waals surface area contributed by atoms with Gasteiger partial charge in [0.15, 0.2) is 0 Å². The quantitative estimate of drug-likeness (QED) is 0.656. The molecule has 0 radical (unpaired) electrons. The monoisotopic (exact) mass is 319 g/mol. The average molecular weight is 320 g/mol. The van der Waals surface area contributed by atoms with Gasteiger partial charge in [-0.1, -0.05) is 29.8 Å². The zero-order valence-corrected chi connectivity index (χ0v) is 12.7. The number of hydrogen-bond donors (Lipinski definition) is 2. The van der Waals surface area contributed by atoms with Gasteiger partial charge in [-0.2, -0.15) is 5.10 Å². The maximum absolute atomic E-state index is 12.7. The first-order valence-electron chi connectivity index (χ1n) is 6.63. The second kappa shape index (κ2) is 7.56. The molecule has 4 nitrogen and oxygen atoms in total. The predicted octanol–water partition coefficient (Wildman–Crippen LogP) is 3.35. The van der Waals surface area contributed by atoms with E-state index in [-0.39, 0.29) is 18.3 Å². The number of hydrogen-bond acceptors (Lipinski definition) is 3. The number of hydrazone groups is 1. The minimum Gasteiger partial charge on any atom is -0.376 e. The molecule has 1 amide bonds. The summed E-state index contributed by atoms with van der Waals surface area (Å²) in [5.41, 5.74) is 4.76. The predicted molar refractivity (Wildman–Crippen MR) is 86.8 cm³/mol. The summed E-state index contributed by atoms with van der Waals surface area (Å²) < 4.78 is 12.7. The van der Waals surface area contributed by atoms with E-state index in [1.165, 1.54) is 18.3 Å². The number of nitrogens with one attached hydrogen (secondary N) is 2. The van der Waals surface area contributed by atoms with E-state index in [9.17, 15) is 9.18 Å². The maximum atomic E-state index is 12.7. The van der Waals surface area contributed by atoms with Crippen molar-refractivity contribution >= 4 is 29.4 Å². The molecule has 2 rings (SSSR count). The van der Waals surface area contributed by atoms with Gasteiger partial charge in [-0.25, -0.2) is 9.82 Å². The van der Waals surface area contributed by atoms with Gasteiger partial charge < -0.3 is 5.32 Å². The second-order valence-electron chi connectivity index (χ2n) is 4.61. The topological polar surface area (TPSA) is 53.5 Å². The molecule has 0 aromatic heterocycles. The molecule has 6 heteroatoms. The van der Waals surface area contributed by atoms with Gasteiger partial charge in [-0.15, -0.1) is 0 Å². The third-order valence-corrected chi connectivity index (χ3v) is 3.39. The molecule has 0 aliphatic rings. The van der Waals surface area contributed by atoms with E-state index >= 15 is 0 Å². The first kappa shape index (κ1) is 16.0.